The summed E-state index contributed by atoms with van der Waals surface area (Å²) < 4.78 is 5.88. The first kappa shape index (κ1) is 20.5. The van der Waals surface area contributed by atoms with E-state index in [1.54, 1.807) is 6.26 Å². The van der Waals surface area contributed by atoms with Gasteiger partial charge in [0, 0.05) is 23.4 Å². The Morgan fingerprint density at radius 2 is 1.81 bits per heavy atom. The van der Waals surface area contributed by atoms with Crippen LogP contribution in [0.1, 0.15) is 38.5 Å². The lowest BCUT2D eigenvalue weighted by Gasteiger charge is -2.37. The fourth-order valence-electron chi connectivity index (χ4n) is 4.63. The van der Waals surface area contributed by atoms with Crippen molar-refractivity contribution >= 4 is 40.2 Å². The van der Waals surface area contributed by atoms with Crippen LogP contribution in [0.3, 0.4) is 0 Å². The summed E-state index contributed by atoms with van der Waals surface area (Å²) in [5.41, 5.74) is 4.22. The monoisotopic (exact) mass is 443 g/mol. The second-order valence-electron chi connectivity index (χ2n) is 9.06. The highest BCUT2D eigenvalue weighted by Gasteiger charge is 2.43. The number of thiocarbonyl (C=S) groups is 1. The predicted octanol–water partition coefficient (Wildman–Crippen LogP) is 6.29. The van der Waals surface area contributed by atoms with Gasteiger partial charge in [0.15, 0.2) is 10.9 Å². The summed E-state index contributed by atoms with van der Waals surface area (Å²) in [7, 11) is 0. The quantitative estimate of drug-likeness (QED) is 0.454. The topological polar surface area (TPSA) is 57.5 Å². The zero-order chi connectivity index (χ0) is 22.3. The minimum atomic E-state index is -0.469. The van der Waals surface area contributed by atoms with E-state index in [1.165, 1.54) is 0 Å². The van der Waals surface area contributed by atoms with Gasteiger partial charge in [0.05, 0.1) is 17.6 Å². The van der Waals surface area contributed by atoms with Gasteiger partial charge in [-0.05, 0) is 60.5 Å². The molecule has 5 rings (SSSR count). The van der Waals surface area contributed by atoms with Crippen LogP contribution in [0.4, 0.5) is 17.1 Å². The van der Waals surface area contributed by atoms with Crippen LogP contribution in [-0.4, -0.2) is 10.9 Å². The second kappa shape index (κ2) is 7.95. The number of furan rings is 1. The zero-order valence-corrected chi connectivity index (χ0v) is 18.9. The lowest BCUT2D eigenvalue weighted by Crippen LogP contribution is -2.41. The van der Waals surface area contributed by atoms with E-state index < -0.39 is 6.04 Å². The fraction of sp³-hybridized carbons (Fsp3) is 0.231. The van der Waals surface area contributed by atoms with Gasteiger partial charge in [0.2, 0.25) is 0 Å². The van der Waals surface area contributed by atoms with Crippen LogP contribution in [-0.2, 0) is 4.79 Å². The number of carbonyl (C=O) groups excluding carboxylic acids is 1. The number of hydrogen-bond acceptors (Lipinski definition) is 4. The minimum absolute atomic E-state index is 0.116. The van der Waals surface area contributed by atoms with Crippen LogP contribution >= 0.6 is 12.2 Å². The number of Topliss-reactive ketones (excluding diaryl/α,β-unsaturated/α-hetero) is 1. The Balaban J connectivity index is 1.70. The van der Waals surface area contributed by atoms with Crippen molar-refractivity contribution in [1.29, 1.82) is 0 Å². The molecule has 0 saturated carbocycles. The Hall–Kier alpha value is -3.38. The molecule has 0 radical (unpaired) electrons. The van der Waals surface area contributed by atoms with Gasteiger partial charge in [-0.2, -0.15) is 0 Å². The van der Waals surface area contributed by atoms with Crippen LogP contribution in [0, 0.1) is 5.41 Å². The van der Waals surface area contributed by atoms with Crippen molar-refractivity contribution in [1.82, 2.24) is 0 Å². The highest BCUT2D eigenvalue weighted by atomic mass is 32.1. The Morgan fingerprint density at radius 1 is 1.06 bits per heavy atom. The highest BCUT2D eigenvalue weighted by molar-refractivity contribution is 7.80. The summed E-state index contributed by atoms with van der Waals surface area (Å²) in [6, 6.07) is 21.1. The Kier molecular flexibility index (Phi) is 5.10. The third-order valence-electron chi connectivity index (χ3n) is 5.96. The van der Waals surface area contributed by atoms with E-state index in [0.717, 1.165) is 29.2 Å². The molecule has 3 aromatic rings. The average Bonchev–Trinajstić information content (AvgIpc) is 3.23. The number of rotatable bonds is 2. The van der Waals surface area contributed by atoms with Crippen molar-refractivity contribution in [3.05, 3.63) is 90.0 Å². The minimum Gasteiger partial charge on any atom is -0.467 e. The van der Waals surface area contributed by atoms with Gasteiger partial charge < -0.3 is 20.0 Å². The summed E-state index contributed by atoms with van der Waals surface area (Å²) in [6.45, 7) is 4.27. The molecule has 0 fully saturated rings. The first-order valence-electron chi connectivity index (χ1n) is 10.7. The molecule has 2 aromatic carbocycles. The number of anilines is 3. The zero-order valence-electron chi connectivity index (χ0n) is 18.1. The van der Waals surface area contributed by atoms with E-state index in [9.17, 15) is 4.79 Å². The van der Waals surface area contributed by atoms with Crippen LogP contribution in [0.25, 0.3) is 0 Å². The van der Waals surface area contributed by atoms with Gasteiger partial charge in [0.25, 0.3) is 0 Å². The van der Waals surface area contributed by atoms with E-state index in [4.69, 9.17) is 16.6 Å². The molecule has 1 aromatic heterocycles. The van der Waals surface area contributed by atoms with Crippen molar-refractivity contribution < 1.29 is 9.21 Å². The molecular weight excluding hydrogens is 418 g/mol. The SMILES string of the molecule is CC1(C)CC(=O)C2=C(C1)Nc1ccccc1N(C(=S)Nc1ccccc1)[C@H]2c1ccco1. The van der Waals surface area contributed by atoms with Crippen molar-refractivity contribution in [3.63, 3.8) is 0 Å². The van der Waals surface area contributed by atoms with E-state index in [0.29, 0.717) is 22.9 Å². The van der Waals surface area contributed by atoms with Gasteiger partial charge >= 0.3 is 0 Å². The summed E-state index contributed by atoms with van der Waals surface area (Å²) in [4.78, 5) is 15.6. The number of allylic oxidation sites excluding steroid dienone is 1. The van der Waals surface area contributed by atoms with Crippen molar-refractivity contribution in [2.75, 3.05) is 15.5 Å². The van der Waals surface area contributed by atoms with Crippen molar-refractivity contribution in [3.8, 4) is 0 Å². The first-order chi connectivity index (χ1) is 15.4. The number of para-hydroxylation sites is 3. The molecule has 2 aliphatic rings. The van der Waals surface area contributed by atoms with E-state index in [-0.39, 0.29) is 11.2 Å². The normalized spacial score (nSPS) is 19.5. The number of ketones is 1. The molecule has 32 heavy (non-hydrogen) atoms. The molecule has 2 heterocycles. The van der Waals surface area contributed by atoms with Crippen molar-refractivity contribution in [2.24, 2.45) is 5.41 Å². The molecule has 0 bridgehead atoms. The molecule has 1 aliphatic carbocycles. The molecule has 0 saturated heterocycles. The lowest BCUT2D eigenvalue weighted by molar-refractivity contribution is -0.118. The summed E-state index contributed by atoms with van der Waals surface area (Å²) in [5, 5.41) is 7.43. The van der Waals surface area contributed by atoms with Gasteiger partial charge in [-0.1, -0.05) is 44.2 Å². The average molecular weight is 444 g/mol. The van der Waals surface area contributed by atoms with Crippen LogP contribution < -0.4 is 15.5 Å². The largest absolute Gasteiger partial charge is 0.467 e. The molecule has 2 N–H and O–H groups in total. The molecule has 0 spiro atoms. The number of hydrogen-bond donors (Lipinski definition) is 2. The number of nitrogens with one attached hydrogen (secondary N) is 2. The van der Waals surface area contributed by atoms with Crippen LogP contribution in [0.5, 0.6) is 0 Å². The Bertz CT molecular complexity index is 1200. The molecule has 0 amide bonds. The standard InChI is InChI=1S/C26H25N3O2S/c1-26(2)15-19-23(21(30)16-26)24(22-13-8-14-31-22)29(20-12-7-6-11-18(20)28-19)25(32)27-17-9-4-3-5-10-17/h3-14,24,28H,15-16H2,1-2H3,(H,27,32)/t24-/m0/s1. The maximum Gasteiger partial charge on any atom is 0.178 e. The molecule has 6 heteroatoms. The summed E-state index contributed by atoms with van der Waals surface area (Å²) >= 11 is 5.93. The molecule has 0 unspecified atom stereocenters. The van der Waals surface area contributed by atoms with Gasteiger partial charge in [0.1, 0.15) is 11.8 Å². The maximum absolute atomic E-state index is 13.6. The fourth-order valence-corrected chi connectivity index (χ4v) is 4.95. The Labute approximate surface area is 193 Å². The van der Waals surface area contributed by atoms with Gasteiger partial charge in [-0.25, -0.2) is 0 Å². The lowest BCUT2D eigenvalue weighted by atomic mass is 9.74. The Morgan fingerprint density at radius 3 is 2.56 bits per heavy atom. The van der Waals surface area contributed by atoms with Gasteiger partial charge in [-0.15, -0.1) is 0 Å². The number of benzene rings is 2. The smallest absolute Gasteiger partial charge is 0.178 e. The van der Waals surface area contributed by atoms with E-state index in [2.05, 4.69) is 24.5 Å². The highest BCUT2D eigenvalue weighted by Crippen LogP contribution is 2.48. The van der Waals surface area contributed by atoms with Crippen molar-refractivity contribution in [2.45, 2.75) is 32.7 Å². The van der Waals surface area contributed by atoms with Crippen LogP contribution in [0.2, 0.25) is 0 Å². The van der Waals surface area contributed by atoms with E-state index in [1.807, 2.05) is 71.6 Å². The molecule has 1 aliphatic heterocycles. The number of nitrogens with zero attached hydrogens (tertiary/aromatic N) is 1. The third-order valence-corrected chi connectivity index (χ3v) is 6.26. The molecule has 1 atom stereocenters. The number of carbonyl (C=O) groups is 1. The summed E-state index contributed by atoms with van der Waals surface area (Å²) in [5.74, 6) is 0.798. The molecular formula is C26H25N3O2S. The number of fused-ring (bicyclic) bond motifs is 1. The first-order valence-corrected chi connectivity index (χ1v) is 11.1. The van der Waals surface area contributed by atoms with Gasteiger partial charge in [-0.3, -0.25) is 4.79 Å². The molecule has 162 valence electrons. The summed E-state index contributed by atoms with van der Waals surface area (Å²) in [6.07, 6.45) is 2.89. The van der Waals surface area contributed by atoms with E-state index >= 15 is 0 Å². The predicted molar refractivity (Wildman–Crippen MR) is 132 cm³/mol. The second-order valence-corrected chi connectivity index (χ2v) is 9.45. The molecule has 5 nitrogen and oxygen atoms in total. The van der Waals surface area contributed by atoms with Crippen LogP contribution in [0.15, 0.2) is 88.7 Å². The third kappa shape index (κ3) is 3.71. The maximum atomic E-state index is 13.6.